The number of aliphatic hydroxyl groups excluding tert-OH is 1. The summed E-state index contributed by atoms with van der Waals surface area (Å²) >= 11 is 5.97. The average Bonchev–Trinajstić information content (AvgIpc) is 2.52. The van der Waals surface area contributed by atoms with Gasteiger partial charge in [-0.1, -0.05) is 35.9 Å². The zero-order chi connectivity index (χ0) is 16.6. The van der Waals surface area contributed by atoms with Crippen molar-refractivity contribution < 1.29 is 14.6 Å². The SMILES string of the molecule is CN(C)CC1(c2ccc(Cl)cc2)C(=O)c2ccccc2OC1O. The lowest BCUT2D eigenvalue weighted by Crippen LogP contribution is -2.57. The van der Waals surface area contributed by atoms with E-state index in [0.717, 1.165) is 0 Å². The molecule has 23 heavy (non-hydrogen) atoms. The Kier molecular flexibility index (Phi) is 4.15. The second kappa shape index (κ2) is 5.96. The van der Waals surface area contributed by atoms with Gasteiger partial charge >= 0.3 is 0 Å². The molecule has 4 nitrogen and oxygen atoms in total. The molecule has 0 radical (unpaired) electrons. The van der Waals surface area contributed by atoms with Crippen LogP contribution in [0.4, 0.5) is 0 Å². The topological polar surface area (TPSA) is 49.8 Å². The van der Waals surface area contributed by atoms with E-state index in [1.807, 2.05) is 19.0 Å². The maximum absolute atomic E-state index is 13.3. The molecule has 1 N–H and O–H groups in total. The summed E-state index contributed by atoms with van der Waals surface area (Å²) in [5.41, 5.74) is -0.0279. The molecule has 5 heteroatoms. The fraction of sp³-hybridized carbons (Fsp3) is 0.278. The third-order valence-corrected chi connectivity index (χ3v) is 4.37. The molecule has 2 unspecified atom stereocenters. The number of rotatable bonds is 3. The lowest BCUT2D eigenvalue weighted by atomic mass is 9.71. The minimum Gasteiger partial charge on any atom is -0.463 e. The van der Waals surface area contributed by atoms with Crippen LogP contribution in [0.2, 0.25) is 5.02 Å². The van der Waals surface area contributed by atoms with E-state index in [-0.39, 0.29) is 5.78 Å². The summed E-state index contributed by atoms with van der Waals surface area (Å²) in [6, 6.07) is 14.0. The van der Waals surface area contributed by atoms with Crippen LogP contribution in [0, 0.1) is 0 Å². The second-order valence-corrected chi connectivity index (χ2v) is 6.45. The highest BCUT2D eigenvalue weighted by Crippen LogP contribution is 2.41. The standard InChI is InChI=1S/C18H18ClNO3/c1-20(2)11-18(12-7-9-13(19)10-8-12)16(21)14-5-3-4-6-15(14)23-17(18)22/h3-10,17,22H,11H2,1-2H3. The van der Waals surface area contributed by atoms with Gasteiger partial charge in [-0.2, -0.15) is 0 Å². The van der Waals surface area contributed by atoms with Gasteiger partial charge in [-0.3, -0.25) is 4.79 Å². The Morgan fingerprint density at radius 2 is 1.83 bits per heavy atom. The molecule has 1 aliphatic rings. The van der Waals surface area contributed by atoms with Crippen LogP contribution in [-0.4, -0.2) is 42.7 Å². The first-order valence-corrected chi connectivity index (χ1v) is 7.72. The van der Waals surface area contributed by atoms with Crippen LogP contribution in [-0.2, 0) is 5.41 Å². The number of likely N-dealkylation sites (N-methyl/N-ethyl adjacent to an activating group) is 1. The maximum atomic E-state index is 13.3. The Labute approximate surface area is 140 Å². The van der Waals surface area contributed by atoms with Gasteiger partial charge < -0.3 is 14.7 Å². The zero-order valence-electron chi connectivity index (χ0n) is 13.0. The molecule has 0 saturated carbocycles. The average molecular weight is 332 g/mol. The van der Waals surface area contributed by atoms with E-state index < -0.39 is 11.7 Å². The van der Waals surface area contributed by atoms with Gasteiger partial charge in [0.15, 0.2) is 5.78 Å². The first-order valence-electron chi connectivity index (χ1n) is 7.34. The van der Waals surface area contributed by atoms with Crippen LogP contribution in [0.5, 0.6) is 5.75 Å². The molecule has 0 spiro atoms. The van der Waals surface area contributed by atoms with Gasteiger partial charge in [0.25, 0.3) is 0 Å². The van der Waals surface area contributed by atoms with Gasteiger partial charge in [-0.05, 0) is 43.9 Å². The Morgan fingerprint density at radius 1 is 1.17 bits per heavy atom. The van der Waals surface area contributed by atoms with Crippen molar-refractivity contribution in [3.8, 4) is 5.75 Å². The molecule has 2 aromatic carbocycles. The Bertz CT molecular complexity index is 729. The molecule has 0 bridgehead atoms. The van der Waals surface area contributed by atoms with Crippen LogP contribution >= 0.6 is 11.6 Å². The zero-order valence-corrected chi connectivity index (χ0v) is 13.7. The second-order valence-electron chi connectivity index (χ2n) is 6.01. The molecule has 1 aliphatic heterocycles. The molecular formula is C18H18ClNO3. The van der Waals surface area contributed by atoms with Crippen molar-refractivity contribution in [3.63, 3.8) is 0 Å². The fourth-order valence-electron chi connectivity index (χ4n) is 3.09. The fourth-order valence-corrected chi connectivity index (χ4v) is 3.22. The van der Waals surface area contributed by atoms with Crippen molar-refractivity contribution in [2.75, 3.05) is 20.6 Å². The molecule has 0 aromatic heterocycles. The molecule has 0 saturated heterocycles. The highest BCUT2D eigenvalue weighted by atomic mass is 35.5. The highest BCUT2D eigenvalue weighted by Gasteiger charge is 2.52. The van der Waals surface area contributed by atoms with E-state index in [2.05, 4.69) is 0 Å². The Hall–Kier alpha value is -1.88. The number of carbonyl (C=O) groups excluding carboxylic acids is 1. The van der Waals surface area contributed by atoms with Crippen LogP contribution < -0.4 is 4.74 Å². The van der Waals surface area contributed by atoms with Gasteiger partial charge in [0, 0.05) is 11.6 Å². The Balaban J connectivity index is 2.19. The maximum Gasteiger partial charge on any atom is 0.215 e. The van der Waals surface area contributed by atoms with Crippen molar-refractivity contribution in [1.29, 1.82) is 0 Å². The van der Waals surface area contributed by atoms with Gasteiger partial charge in [0.05, 0.1) is 5.56 Å². The molecule has 2 aromatic rings. The summed E-state index contributed by atoms with van der Waals surface area (Å²) in [6.07, 6.45) is -1.27. The predicted molar refractivity (Wildman–Crippen MR) is 89.1 cm³/mol. The summed E-state index contributed by atoms with van der Waals surface area (Å²) in [5.74, 6) is 0.260. The van der Waals surface area contributed by atoms with Crippen molar-refractivity contribution in [1.82, 2.24) is 4.90 Å². The van der Waals surface area contributed by atoms with E-state index in [1.54, 1.807) is 48.5 Å². The normalized spacial score (nSPS) is 23.5. The number of hydrogen-bond acceptors (Lipinski definition) is 4. The molecular weight excluding hydrogens is 314 g/mol. The van der Waals surface area contributed by atoms with Crippen molar-refractivity contribution >= 4 is 17.4 Å². The van der Waals surface area contributed by atoms with E-state index >= 15 is 0 Å². The van der Waals surface area contributed by atoms with Crippen molar-refractivity contribution in [3.05, 3.63) is 64.7 Å². The molecule has 0 fully saturated rings. The number of aliphatic hydroxyl groups is 1. The number of nitrogens with zero attached hydrogens (tertiary/aromatic N) is 1. The summed E-state index contributed by atoms with van der Waals surface area (Å²) in [7, 11) is 3.72. The van der Waals surface area contributed by atoms with Gasteiger partial charge in [-0.25, -0.2) is 0 Å². The first kappa shape index (κ1) is 16.0. The lowest BCUT2D eigenvalue weighted by Gasteiger charge is -2.42. The molecule has 0 amide bonds. The molecule has 2 atom stereocenters. The van der Waals surface area contributed by atoms with Gasteiger partial charge in [0.1, 0.15) is 11.2 Å². The number of halogens is 1. The largest absolute Gasteiger partial charge is 0.463 e. The number of carbonyl (C=O) groups is 1. The first-order chi connectivity index (χ1) is 10.9. The molecule has 1 heterocycles. The van der Waals surface area contributed by atoms with Crippen LogP contribution in [0.1, 0.15) is 15.9 Å². The predicted octanol–water partition coefficient (Wildman–Crippen LogP) is 2.73. The van der Waals surface area contributed by atoms with Crippen LogP contribution in [0.15, 0.2) is 48.5 Å². The smallest absolute Gasteiger partial charge is 0.215 e. The molecule has 3 rings (SSSR count). The van der Waals surface area contributed by atoms with Gasteiger partial charge in [0.2, 0.25) is 6.29 Å². The van der Waals surface area contributed by atoms with E-state index in [9.17, 15) is 9.90 Å². The number of hydrogen-bond donors (Lipinski definition) is 1. The number of ether oxygens (including phenoxy) is 1. The number of Topliss-reactive ketones (excluding diaryl/α,β-unsaturated/α-hetero) is 1. The number of benzene rings is 2. The monoisotopic (exact) mass is 331 g/mol. The minimum absolute atomic E-state index is 0.150. The highest BCUT2D eigenvalue weighted by molar-refractivity contribution is 6.30. The van der Waals surface area contributed by atoms with E-state index in [4.69, 9.17) is 16.3 Å². The summed E-state index contributed by atoms with van der Waals surface area (Å²) in [6.45, 7) is 0.322. The molecule has 0 aliphatic carbocycles. The lowest BCUT2D eigenvalue weighted by molar-refractivity contribution is -0.0800. The van der Waals surface area contributed by atoms with Crippen LogP contribution in [0.3, 0.4) is 0 Å². The van der Waals surface area contributed by atoms with Crippen molar-refractivity contribution in [2.24, 2.45) is 0 Å². The third-order valence-electron chi connectivity index (χ3n) is 4.12. The third kappa shape index (κ3) is 2.63. The van der Waals surface area contributed by atoms with E-state index in [1.165, 1.54) is 0 Å². The number of ketones is 1. The number of para-hydroxylation sites is 1. The minimum atomic E-state index is -1.27. The van der Waals surface area contributed by atoms with Gasteiger partial charge in [-0.15, -0.1) is 0 Å². The summed E-state index contributed by atoms with van der Waals surface area (Å²) < 4.78 is 5.68. The number of fused-ring (bicyclic) bond motifs is 1. The van der Waals surface area contributed by atoms with Crippen molar-refractivity contribution in [2.45, 2.75) is 11.7 Å². The Morgan fingerprint density at radius 3 is 2.48 bits per heavy atom. The molecule has 120 valence electrons. The summed E-state index contributed by atoms with van der Waals surface area (Å²) in [4.78, 5) is 15.1. The van der Waals surface area contributed by atoms with Crippen LogP contribution in [0.25, 0.3) is 0 Å². The van der Waals surface area contributed by atoms with E-state index in [0.29, 0.717) is 28.4 Å². The quantitative estimate of drug-likeness (QED) is 0.939. The summed E-state index contributed by atoms with van der Waals surface area (Å²) in [5, 5.41) is 11.3.